The zero-order chi connectivity index (χ0) is 17.4. The molecular formula is C21H14ClNOS. The van der Waals surface area contributed by atoms with Crippen molar-refractivity contribution in [2.45, 2.75) is 0 Å². The van der Waals surface area contributed by atoms with Gasteiger partial charge in [-0.15, -0.1) is 0 Å². The van der Waals surface area contributed by atoms with Gasteiger partial charge in [-0.25, -0.2) is 0 Å². The lowest BCUT2D eigenvalue weighted by molar-refractivity contribution is 0.476. The Labute approximate surface area is 155 Å². The van der Waals surface area contributed by atoms with Gasteiger partial charge in [0.1, 0.15) is 5.69 Å². The monoisotopic (exact) mass is 363 g/mol. The zero-order valence-corrected chi connectivity index (χ0v) is 14.8. The van der Waals surface area contributed by atoms with E-state index in [1.54, 1.807) is 0 Å². The number of halogens is 1. The van der Waals surface area contributed by atoms with Crippen molar-refractivity contribution in [3.8, 4) is 16.9 Å². The topological polar surface area (TPSA) is 24.6 Å². The smallest absolute Gasteiger partial charge is 0.151 e. The highest BCUT2D eigenvalue weighted by Crippen LogP contribution is 2.40. The predicted molar refractivity (Wildman–Crippen MR) is 107 cm³/mol. The van der Waals surface area contributed by atoms with Gasteiger partial charge in [-0.1, -0.05) is 72.3 Å². The van der Waals surface area contributed by atoms with Crippen LogP contribution in [0, 0.1) is 0 Å². The van der Waals surface area contributed by atoms with Crippen LogP contribution in [0.5, 0.6) is 5.75 Å². The van der Waals surface area contributed by atoms with Crippen LogP contribution in [-0.2, 0) is 0 Å². The fourth-order valence-corrected chi connectivity index (χ4v) is 3.50. The molecule has 2 aromatic heterocycles. The standard InChI is InChI=1S/C21H14ClNOS/c22-16-11-9-14(10-12-16)18-17-8-4-5-13-23(17)19(20(18)24)21(25)15-6-2-1-3-7-15/h1-13,24H. The van der Waals surface area contributed by atoms with E-state index in [-0.39, 0.29) is 5.75 Å². The molecule has 4 heteroatoms. The lowest BCUT2D eigenvalue weighted by Crippen LogP contribution is -2.03. The molecule has 4 rings (SSSR count). The average Bonchev–Trinajstić information content (AvgIpc) is 2.94. The summed E-state index contributed by atoms with van der Waals surface area (Å²) in [4.78, 5) is 0.611. The van der Waals surface area contributed by atoms with Crippen LogP contribution in [0.15, 0.2) is 79.0 Å². The third kappa shape index (κ3) is 2.72. The van der Waals surface area contributed by atoms with Gasteiger partial charge < -0.3 is 9.51 Å². The van der Waals surface area contributed by atoms with E-state index in [1.807, 2.05) is 83.4 Å². The molecule has 122 valence electrons. The molecule has 25 heavy (non-hydrogen) atoms. The number of aromatic nitrogens is 1. The van der Waals surface area contributed by atoms with E-state index >= 15 is 0 Å². The van der Waals surface area contributed by atoms with Crippen molar-refractivity contribution in [2.75, 3.05) is 0 Å². The number of benzene rings is 2. The lowest BCUT2D eigenvalue weighted by Gasteiger charge is -2.05. The van der Waals surface area contributed by atoms with Crippen molar-refractivity contribution < 1.29 is 5.11 Å². The van der Waals surface area contributed by atoms with Gasteiger partial charge in [-0.3, -0.25) is 0 Å². The van der Waals surface area contributed by atoms with E-state index in [4.69, 9.17) is 23.8 Å². The summed E-state index contributed by atoms with van der Waals surface area (Å²) in [5.74, 6) is 0.183. The predicted octanol–water partition coefficient (Wildman–Crippen LogP) is 5.73. The Morgan fingerprint density at radius 1 is 0.880 bits per heavy atom. The first kappa shape index (κ1) is 15.9. The fourth-order valence-electron chi connectivity index (χ4n) is 3.04. The molecule has 2 aromatic carbocycles. The van der Waals surface area contributed by atoms with Crippen molar-refractivity contribution in [1.29, 1.82) is 0 Å². The van der Waals surface area contributed by atoms with Gasteiger partial charge in [-0.05, 0) is 35.4 Å². The molecular weight excluding hydrogens is 350 g/mol. The molecule has 0 saturated heterocycles. The van der Waals surface area contributed by atoms with E-state index in [2.05, 4.69) is 0 Å². The number of rotatable bonds is 3. The van der Waals surface area contributed by atoms with Crippen LogP contribution in [0.3, 0.4) is 0 Å². The van der Waals surface area contributed by atoms with E-state index in [9.17, 15) is 5.11 Å². The highest BCUT2D eigenvalue weighted by molar-refractivity contribution is 7.81. The largest absolute Gasteiger partial charge is 0.505 e. The van der Waals surface area contributed by atoms with E-state index in [0.717, 1.165) is 22.2 Å². The van der Waals surface area contributed by atoms with Crippen molar-refractivity contribution in [1.82, 2.24) is 4.40 Å². The molecule has 0 radical (unpaired) electrons. The maximum Gasteiger partial charge on any atom is 0.151 e. The minimum absolute atomic E-state index is 0.183. The summed E-state index contributed by atoms with van der Waals surface area (Å²) in [6.45, 7) is 0. The number of hydrogen-bond donors (Lipinski definition) is 1. The maximum atomic E-state index is 11.0. The number of hydrogen-bond acceptors (Lipinski definition) is 2. The lowest BCUT2D eigenvalue weighted by atomic mass is 10.0. The van der Waals surface area contributed by atoms with Gasteiger partial charge in [0.15, 0.2) is 5.75 Å². The van der Waals surface area contributed by atoms with Crippen LogP contribution < -0.4 is 0 Å². The molecule has 2 nitrogen and oxygen atoms in total. The first-order chi connectivity index (χ1) is 12.2. The Hall–Kier alpha value is -2.62. The Morgan fingerprint density at radius 3 is 2.28 bits per heavy atom. The van der Waals surface area contributed by atoms with Crippen molar-refractivity contribution in [3.63, 3.8) is 0 Å². The molecule has 0 aliphatic heterocycles. The number of aromatic hydroxyl groups is 1. The quantitative estimate of drug-likeness (QED) is 0.371. The van der Waals surface area contributed by atoms with Gasteiger partial charge in [0, 0.05) is 16.8 Å². The Morgan fingerprint density at radius 2 is 1.56 bits per heavy atom. The van der Waals surface area contributed by atoms with E-state index in [1.165, 1.54) is 0 Å². The Balaban J connectivity index is 1.99. The maximum absolute atomic E-state index is 11.0. The normalized spacial score (nSPS) is 10.9. The molecule has 0 unspecified atom stereocenters. The highest BCUT2D eigenvalue weighted by atomic mass is 35.5. The molecule has 2 heterocycles. The van der Waals surface area contributed by atoms with Gasteiger partial charge in [0.25, 0.3) is 0 Å². The summed E-state index contributed by atoms with van der Waals surface area (Å²) in [6, 6.07) is 23.0. The van der Waals surface area contributed by atoms with Crippen LogP contribution >= 0.6 is 23.8 Å². The Bertz CT molecular complexity index is 1070. The fraction of sp³-hybridized carbons (Fsp3) is 0. The summed E-state index contributed by atoms with van der Waals surface area (Å²) in [6.07, 6.45) is 1.92. The first-order valence-electron chi connectivity index (χ1n) is 7.84. The molecule has 0 spiro atoms. The molecule has 0 aliphatic carbocycles. The summed E-state index contributed by atoms with van der Waals surface area (Å²) in [5.41, 5.74) is 4.08. The average molecular weight is 364 g/mol. The minimum Gasteiger partial charge on any atom is -0.505 e. The molecule has 0 aliphatic rings. The summed E-state index contributed by atoms with van der Waals surface area (Å²) < 4.78 is 1.94. The van der Waals surface area contributed by atoms with E-state index in [0.29, 0.717) is 15.6 Å². The van der Waals surface area contributed by atoms with Crippen LogP contribution in [0.1, 0.15) is 11.3 Å². The number of fused-ring (bicyclic) bond motifs is 1. The number of nitrogens with zero attached hydrogens (tertiary/aromatic N) is 1. The van der Waals surface area contributed by atoms with E-state index < -0.39 is 0 Å². The number of pyridine rings is 1. The second-order valence-corrected chi connectivity index (χ2v) is 6.57. The van der Waals surface area contributed by atoms with Gasteiger partial charge in [0.05, 0.1) is 10.4 Å². The van der Waals surface area contributed by atoms with Crippen molar-refractivity contribution >= 4 is 34.2 Å². The Kier molecular flexibility index (Phi) is 4.04. The SMILES string of the molecule is Oc1c(-c2ccc(Cl)cc2)c2ccccn2c1C(=S)c1ccccc1. The highest BCUT2D eigenvalue weighted by Gasteiger charge is 2.22. The third-order valence-corrected chi connectivity index (χ3v) is 4.88. The van der Waals surface area contributed by atoms with Crippen LogP contribution in [0.25, 0.3) is 16.6 Å². The molecule has 0 atom stereocenters. The van der Waals surface area contributed by atoms with Crippen molar-refractivity contribution in [2.24, 2.45) is 0 Å². The second-order valence-electron chi connectivity index (χ2n) is 5.73. The molecule has 0 bridgehead atoms. The molecule has 0 fully saturated rings. The second kappa shape index (κ2) is 6.36. The summed E-state index contributed by atoms with van der Waals surface area (Å²) >= 11 is 11.7. The summed E-state index contributed by atoms with van der Waals surface area (Å²) in [5, 5.41) is 11.7. The molecule has 4 aromatic rings. The minimum atomic E-state index is 0.183. The van der Waals surface area contributed by atoms with Crippen LogP contribution in [0.4, 0.5) is 0 Å². The molecule has 0 saturated carbocycles. The third-order valence-electron chi connectivity index (χ3n) is 4.20. The van der Waals surface area contributed by atoms with Gasteiger partial charge in [0.2, 0.25) is 0 Å². The van der Waals surface area contributed by atoms with Crippen LogP contribution in [-0.4, -0.2) is 14.4 Å². The zero-order valence-electron chi connectivity index (χ0n) is 13.2. The number of thiocarbonyl (C=S) groups is 1. The molecule has 0 amide bonds. The summed E-state index contributed by atoms with van der Waals surface area (Å²) in [7, 11) is 0. The first-order valence-corrected chi connectivity index (χ1v) is 8.63. The van der Waals surface area contributed by atoms with Crippen LogP contribution in [0.2, 0.25) is 5.02 Å². The van der Waals surface area contributed by atoms with Gasteiger partial charge >= 0.3 is 0 Å². The molecule has 1 N–H and O–H groups in total. The van der Waals surface area contributed by atoms with Gasteiger partial charge in [-0.2, -0.15) is 0 Å². The van der Waals surface area contributed by atoms with Crippen molar-refractivity contribution in [3.05, 3.63) is 95.3 Å².